The van der Waals surface area contributed by atoms with Crippen molar-refractivity contribution in [3.63, 3.8) is 0 Å². The third kappa shape index (κ3) is 3.36. The van der Waals surface area contributed by atoms with Gasteiger partial charge in [-0.25, -0.2) is 0 Å². The van der Waals surface area contributed by atoms with Crippen LogP contribution in [0.5, 0.6) is 0 Å². The quantitative estimate of drug-likeness (QED) is 0.385. The van der Waals surface area contributed by atoms with E-state index in [1.54, 1.807) is 16.7 Å². The lowest BCUT2D eigenvalue weighted by molar-refractivity contribution is -0.114. The zero-order chi connectivity index (χ0) is 20.7. The first-order valence-electron chi connectivity index (χ1n) is 9.15. The topological polar surface area (TPSA) is 89.4 Å². The van der Waals surface area contributed by atoms with Crippen LogP contribution in [0.25, 0.3) is 21.9 Å². The molecule has 29 heavy (non-hydrogen) atoms. The molecule has 0 saturated carbocycles. The number of nitrogens with zero attached hydrogens (tertiary/aromatic N) is 1. The lowest BCUT2D eigenvalue weighted by Crippen LogP contribution is -2.30. The molecule has 1 heterocycles. The van der Waals surface area contributed by atoms with E-state index in [2.05, 4.69) is 30.8 Å². The fraction of sp³-hybridized carbons (Fsp3) is 0.130. The van der Waals surface area contributed by atoms with Crippen LogP contribution in [-0.2, 0) is 11.3 Å². The summed E-state index contributed by atoms with van der Waals surface area (Å²) in [5.74, 6) is -0.694. The van der Waals surface area contributed by atoms with Gasteiger partial charge in [0.25, 0.3) is 5.91 Å². The Morgan fingerprint density at radius 3 is 2.55 bits per heavy atom. The molecular formula is C23H21N3O2S. The van der Waals surface area contributed by atoms with Crippen LogP contribution in [0.2, 0.25) is 0 Å². The number of nitrogen functional groups attached to an aromatic ring is 1. The number of thioether (sulfide) groups is 1. The molecule has 3 aromatic carbocycles. The maximum atomic E-state index is 12.8. The molecule has 0 fully saturated rings. The number of primary amides is 1. The second-order valence-electron chi connectivity index (χ2n) is 7.11. The number of carbonyl (C=O) groups is 2. The molecule has 0 bridgehead atoms. The Morgan fingerprint density at radius 2 is 1.83 bits per heavy atom. The summed E-state index contributed by atoms with van der Waals surface area (Å²) in [5, 5.41) is 2.10. The van der Waals surface area contributed by atoms with Crippen molar-refractivity contribution in [1.29, 1.82) is 0 Å². The lowest BCUT2D eigenvalue weighted by Gasteiger charge is -2.15. The highest BCUT2D eigenvalue weighted by Gasteiger charge is 2.29. The summed E-state index contributed by atoms with van der Waals surface area (Å²) in [6.45, 7) is 4.24. The molecule has 2 amide bonds. The average Bonchev–Trinajstić information content (AvgIpc) is 3.04. The maximum absolute atomic E-state index is 12.8. The molecule has 1 aliphatic rings. The third-order valence-electron chi connectivity index (χ3n) is 5.30. The van der Waals surface area contributed by atoms with Gasteiger partial charge in [-0.1, -0.05) is 30.8 Å². The van der Waals surface area contributed by atoms with Crippen LogP contribution in [0.4, 0.5) is 5.69 Å². The smallest absolute Gasteiger partial charge is 0.254 e. The van der Waals surface area contributed by atoms with Gasteiger partial charge in [0.1, 0.15) is 0 Å². The van der Waals surface area contributed by atoms with Gasteiger partial charge in [0.15, 0.2) is 0 Å². The van der Waals surface area contributed by atoms with Gasteiger partial charge in [-0.05, 0) is 58.0 Å². The van der Waals surface area contributed by atoms with Gasteiger partial charge in [0.05, 0.1) is 6.54 Å². The number of hydrogen-bond acceptors (Lipinski definition) is 4. The molecule has 3 aromatic rings. The van der Waals surface area contributed by atoms with E-state index in [1.807, 2.05) is 30.5 Å². The Hall–Kier alpha value is -3.25. The summed E-state index contributed by atoms with van der Waals surface area (Å²) >= 11 is 1.61. The van der Waals surface area contributed by atoms with Gasteiger partial charge in [0, 0.05) is 28.3 Å². The highest BCUT2D eigenvalue weighted by molar-refractivity contribution is 7.98. The number of hydrogen-bond donors (Lipinski definition) is 2. The number of rotatable bonds is 5. The van der Waals surface area contributed by atoms with E-state index in [9.17, 15) is 9.59 Å². The highest BCUT2D eigenvalue weighted by Crippen LogP contribution is 2.35. The Labute approximate surface area is 173 Å². The number of amides is 2. The summed E-state index contributed by atoms with van der Waals surface area (Å²) in [6.07, 6.45) is 2.00. The molecule has 0 aliphatic carbocycles. The van der Waals surface area contributed by atoms with Crippen LogP contribution >= 0.6 is 11.8 Å². The molecule has 5 nitrogen and oxygen atoms in total. The zero-order valence-electron chi connectivity index (χ0n) is 16.1. The summed E-state index contributed by atoms with van der Waals surface area (Å²) in [5.41, 5.74) is 16.1. The van der Waals surface area contributed by atoms with Gasteiger partial charge in [-0.15, -0.1) is 11.8 Å². The minimum absolute atomic E-state index is 0.105. The van der Waals surface area contributed by atoms with Crippen molar-refractivity contribution in [3.8, 4) is 11.1 Å². The van der Waals surface area contributed by atoms with Crippen molar-refractivity contribution < 1.29 is 9.59 Å². The number of fused-ring (bicyclic) bond motifs is 3. The van der Waals surface area contributed by atoms with E-state index in [4.69, 9.17) is 11.5 Å². The summed E-state index contributed by atoms with van der Waals surface area (Å²) in [6, 6.07) is 16.1. The molecule has 4 rings (SSSR count). The second kappa shape index (κ2) is 7.29. The largest absolute Gasteiger partial charge is 0.398 e. The van der Waals surface area contributed by atoms with Gasteiger partial charge in [-0.3, -0.25) is 9.59 Å². The molecule has 0 unspecified atom stereocenters. The molecule has 0 aromatic heterocycles. The summed E-state index contributed by atoms with van der Waals surface area (Å²) in [4.78, 5) is 26.8. The van der Waals surface area contributed by atoms with Gasteiger partial charge >= 0.3 is 0 Å². The first kappa shape index (κ1) is 19.1. The van der Waals surface area contributed by atoms with Gasteiger partial charge < -0.3 is 16.4 Å². The van der Waals surface area contributed by atoms with E-state index in [0.717, 1.165) is 38.0 Å². The third-order valence-corrected chi connectivity index (χ3v) is 6.09. The Bertz CT molecular complexity index is 1190. The fourth-order valence-corrected chi connectivity index (χ4v) is 4.24. The minimum atomic E-state index is -0.589. The monoisotopic (exact) mass is 403 g/mol. The van der Waals surface area contributed by atoms with Crippen molar-refractivity contribution in [3.05, 3.63) is 71.8 Å². The van der Waals surface area contributed by atoms with Crippen LogP contribution in [0.3, 0.4) is 0 Å². The van der Waals surface area contributed by atoms with Crippen molar-refractivity contribution >= 4 is 40.0 Å². The Morgan fingerprint density at radius 1 is 1.14 bits per heavy atom. The summed E-state index contributed by atoms with van der Waals surface area (Å²) < 4.78 is 0. The normalized spacial score (nSPS) is 13.0. The van der Waals surface area contributed by atoms with Crippen LogP contribution in [-0.4, -0.2) is 29.5 Å². The number of benzene rings is 3. The molecule has 146 valence electrons. The van der Waals surface area contributed by atoms with E-state index in [1.165, 1.54) is 0 Å². The van der Waals surface area contributed by atoms with E-state index < -0.39 is 5.91 Å². The van der Waals surface area contributed by atoms with Crippen LogP contribution < -0.4 is 11.5 Å². The average molecular weight is 404 g/mol. The first-order chi connectivity index (χ1) is 13.9. The van der Waals surface area contributed by atoms with Crippen molar-refractivity contribution in [2.45, 2.75) is 11.4 Å². The molecule has 0 spiro atoms. The van der Waals surface area contributed by atoms with Gasteiger partial charge in [-0.2, -0.15) is 0 Å². The predicted molar refractivity (Wildman–Crippen MR) is 119 cm³/mol. The second-order valence-corrected chi connectivity index (χ2v) is 7.96. The lowest BCUT2D eigenvalue weighted by atomic mass is 9.96. The Kier molecular flexibility index (Phi) is 4.80. The number of anilines is 1. The zero-order valence-corrected chi connectivity index (χ0v) is 16.9. The van der Waals surface area contributed by atoms with Crippen LogP contribution in [0, 0.1) is 0 Å². The van der Waals surface area contributed by atoms with Crippen molar-refractivity contribution in [2.24, 2.45) is 5.73 Å². The molecule has 6 heteroatoms. The standard InChI is InChI=1S/C23H21N3O2S/c1-13(22(25)27)11-26-12-19-17(23(26)28)7-5-14-3-4-15(9-18(14)19)16-6-8-20(24)21(10-16)29-2/h3-10H,1,11-12,24H2,2H3,(H2,25,27). The van der Waals surface area contributed by atoms with Crippen molar-refractivity contribution in [2.75, 3.05) is 18.5 Å². The van der Waals surface area contributed by atoms with Gasteiger partial charge in [0.2, 0.25) is 5.91 Å². The maximum Gasteiger partial charge on any atom is 0.254 e. The SMILES string of the molecule is C=C(CN1Cc2c(ccc3ccc(-c4ccc(N)c(SC)c4)cc23)C1=O)C(N)=O. The van der Waals surface area contributed by atoms with Crippen molar-refractivity contribution in [1.82, 2.24) is 4.90 Å². The van der Waals surface area contributed by atoms with E-state index in [-0.39, 0.29) is 18.0 Å². The Balaban J connectivity index is 1.77. The van der Waals surface area contributed by atoms with E-state index in [0.29, 0.717) is 12.1 Å². The molecule has 0 saturated heterocycles. The highest BCUT2D eigenvalue weighted by atomic mass is 32.2. The predicted octanol–water partition coefficient (Wildman–Crippen LogP) is 3.81. The summed E-state index contributed by atoms with van der Waals surface area (Å²) in [7, 11) is 0. The molecule has 4 N–H and O–H groups in total. The first-order valence-corrected chi connectivity index (χ1v) is 10.4. The molecular weight excluding hydrogens is 382 g/mol. The minimum Gasteiger partial charge on any atom is -0.398 e. The number of carbonyl (C=O) groups excluding carboxylic acids is 2. The molecule has 0 radical (unpaired) electrons. The molecule has 1 aliphatic heterocycles. The van der Waals surface area contributed by atoms with Crippen LogP contribution in [0.1, 0.15) is 15.9 Å². The number of nitrogens with two attached hydrogens (primary N) is 2. The van der Waals surface area contributed by atoms with E-state index >= 15 is 0 Å². The fourth-order valence-electron chi connectivity index (χ4n) is 3.69. The van der Waals surface area contributed by atoms with Crippen LogP contribution in [0.15, 0.2) is 65.6 Å². The molecule has 0 atom stereocenters.